The molecule has 2 atom stereocenters. The van der Waals surface area contributed by atoms with Crippen molar-refractivity contribution in [1.82, 2.24) is 10.6 Å². The lowest BCUT2D eigenvalue weighted by Crippen LogP contribution is -2.47. The number of para-hydroxylation sites is 1. The number of aliphatic imine (C=N–C) groups is 1. The zero-order valence-corrected chi connectivity index (χ0v) is 21.3. The summed E-state index contributed by atoms with van der Waals surface area (Å²) in [7, 11) is 5.04. The van der Waals surface area contributed by atoms with Crippen LogP contribution in [0.1, 0.15) is 13.3 Å². The zero-order valence-electron chi connectivity index (χ0n) is 18.9. The number of rotatable bonds is 8. The highest BCUT2D eigenvalue weighted by Crippen LogP contribution is 2.30. The number of hydrogen-bond donors (Lipinski definition) is 2. The van der Waals surface area contributed by atoms with Crippen LogP contribution in [-0.4, -0.2) is 59.0 Å². The largest absolute Gasteiger partial charge is 0.497 e. The van der Waals surface area contributed by atoms with Gasteiger partial charge >= 0.3 is 0 Å². The molecule has 2 aromatic carbocycles. The Balaban J connectivity index is 0.00000363. The summed E-state index contributed by atoms with van der Waals surface area (Å²) in [5.74, 6) is 2.12. The van der Waals surface area contributed by atoms with E-state index in [4.69, 9.17) is 14.2 Å². The van der Waals surface area contributed by atoms with Gasteiger partial charge in [-0.3, -0.25) is 4.99 Å². The monoisotopic (exact) mass is 558 g/mol. The van der Waals surface area contributed by atoms with Gasteiger partial charge in [-0.05, 0) is 25.5 Å². The SMILES string of the molecule is CN=C(NCC(C)Oc1ccccc1F)NC1CCN(c2cc(OC)cc(OC)c2)C1.I. The number of nitrogens with zero attached hydrogens (tertiary/aromatic N) is 2. The lowest BCUT2D eigenvalue weighted by atomic mass is 10.2. The molecule has 0 aromatic heterocycles. The zero-order chi connectivity index (χ0) is 22.2. The maximum Gasteiger partial charge on any atom is 0.191 e. The summed E-state index contributed by atoms with van der Waals surface area (Å²) >= 11 is 0. The molecule has 0 bridgehead atoms. The molecule has 32 heavy (non-hydrogen) atoms. The molecule has 2 aromatic rings. The van der Waals surface area contributed by atoms with Crippen LogP contribution in [-0.2, 0) is 0 Å². The van der Waals surface area contributed by atoms with Crippen molar-refractivity contribution in [3.05, 3.63) is 48.3 Å². The van der Waals surface area contributed by atoms with Crippen molar-refractivity contribution in [1.29, 1.82) is 0 Å². The summed E-state index contributed by atoms with van der Waals surface area (Å²) in [5, 5.41) is 6.72. The van der Waals surface area contributed by atoms with E-state index in [9.17, 15) is 4.39 Å². The van der Waals surface area contributed by atoms with Crippen LogP contribution in [0.4, 0.5) is 10.1 Å². The van der Waals surface area contributed by atoms with E-state index in [1.54, 1.807) is 39.5 Å². The first-order valence-electron chi connectivity index (χ1n) is 10.4. The minimum Gasteiger partial charge on any atom is -0.497 e. The molecule has 7 nitrogen and oxygen atoms in total. The number of nitrogens with one attached hydrogen (secondary N) is 2. The van der Waals surface area contributed by atoms with Gasteiger partial charge in [0.15, 0.2) is 17.5 Å². The van der Waals surface area contributed by atoms with Gasteiger partial charge in [0.2, 0.25) is 0 Å². The van der Waals surface area contributed by atoms with Gasteiger partial charge in [0, 0.05) is 50.1 Å². The maximum absolute atomic E-state index is 13.8. The number of benzene rings is 2. The third-order valence-electron chi connectivity index (χ3n) is 5.18. The van der Waals surface area contributed by atoms with E-state index in [1.807, 2.05) is 25.1 Å². The second-order valence-electron chi connectivity index (χ2n) is 7.46. The van der Waals surface area contributed by atoms with Crippen molar-refractivity contribution in [2.24, 2.45) is 4.99 Å². The van der Waals surface area contributed by atoms with Gasteiger partial charge in [0.25, 0.3) is 0 Å². The average Bonchev–Trinajstić information content (AvgIpc) is 3.26. The Bertz CT molecular complexity index is 877. The van der Waals surface area contributed by atoms with Crippen LogP contribution in [0.15, 0.2) is 47.5 Å². The molecule has 1 fully saturated rings. The van der Waals surface area contributed by atoms with Crippen LogP contribution in [0.5, 0.6) is 17.2 Å². The average molecular weight is 558 g/mol. The molecule has 1 aliphatic rings. The number of methoxy groups -OCH3 is 2. The number of ether oxygens (including phenoxy) is 3. The minimum atomic E-state index is -0.364. The fraction of sp³-hybridized carbons (Fsp3) is 0.435. The van der Waals surface area contributed by atoms with E-state index in [0.717, 1.165) is 36.7 Å². The van der Waals surface area contributed by atoms with Gasteiger partial charge in [0.1, 0.15) is 17.6 Å². The summed E-state index contributed by atoms with van der Waals surface area (Å²) < 4.78 is 30.2. The van der Waals surface area contributed by atoms with E-state index >= 15 is 0 Å². The smallest absolute Gasteiger partial charge is 0.191 e. The second-order valence-corrected chi connectivity index (χ2v) is 7.46. The molecule has 1 aliphatic heterocycles. The van der Waals surface area contributed by atoms with Crippen LogP contribution in [0.25, 0.3) is 0 Å². The number of hydrogen-bond acceptors (Lipinski definition) is 5. The minimum absolute atomic E-state index is 0. The molecule has 0 amide bonds. The topological polar surface area (TPSA) is 67.4 Å². The highest BCUT2D eigenvalue weighted by Gasteiger charge is 2.24. The number of anilines is 1. The van der Waals surface area contributed by atoms with E-state index in [1.165, 1.54) is 6.07 Å². The Labute approximate surface area is 206 Å². The quantitative estimate of drug-likeness (QED) is 0.293. The maximum atomic E-state index is 13.8. The van der Waals surface area contributed by atoms with Crippen LogP contribution < -0.4 is 29.7 Å². The third-order valence-corrected chi connectivity index (χ3v) is 5.18. The highest BCUT2D eigenvalue weighted by atomic mass is 127. The summed E-state index contributed by atoms with van der Waals surface area (Å²) in [4.78, 5) is 6.60. The van der Waals surface area contributed by atoms with E-state index in [2.05, 4.69) is 20.5 Å². The van der Waals surface area contributed by atoms with E-state index in [0.29, 0.717) is 12.5 Å². The van der Waals surface area contributed by atoms with E-state index < -0.39 is 0 Å². The molecule has 1 heterocycles. The molecule has 0 spiro atoms. The van der Waals surface area contributed by atoms with Crippen molar-refractivity contribution >= 4 is 35.6 Å². The Hall–Kier alpha value is -2.43. The lowest BCUT2D eigenvalue weighted by Gasteiger charge is -2.22. The highest BCUT2D eigenvalue weighted by molar-refractivity contribution is 14.0. The Morgan fingerprint density at radius 1 is 1.19 bits per heavy atom. The first-order chi connectivity index (χ1) is 15.0. The first-order valence-corrected chi connectivity index (χ1v) is 10.4. The van der Waals surface area contributed by atoms with E-state index in [-0.39, 0.29) is 47.7 Å². The summed E-state index contributed by atoms with van der Waals surface area (Å²) in [6.07, 6.45) is 0.751. The van der Waals surface area contributed by atoms with Crippen LogP contribution in [0, 0.1) is 5.82 Å². The second kappa shape index (κ2) is 12.6. The lowest BCUT2D eigenvalue weighted by molar-refractivity contribution is 0.214. The Morgan fingerprint density at radius 2 is 1.88 bits per heavy atom. The fourth-order valence-corrected chi connectivity index (χ4v) is 3.51. The Morgan fingerprint density at radius 3 is 2.50 bits per heavy atom. The number of halogens is 2. The van der Waals surface area contributed by atoms with Crippen molar-refractivity contribution in [3.8, 4) is 17.2 Å². The summed E-state index contributed by atoms with van der Waals surface area (Å²) in [6, 6.07) is 12.5. The van der Waals surface area contributed by atoms with Gasteiger partial charge in [-0.2, -0.15) is 0 Å². The van der Waals surface area contributed by atoms with Gasteiger partial charge in [-0.25, -0.2) is 4.39 Å². The third kappa shape index (κ3) is 7.04. The molecule has 9 heteroatoms. The molecule has 2 unspecified atom stereocenters. The number of guanidine groups is 1. The van der Waals surface area contributed by atoms with Crippen molar-refractivity contribution < 1.29 is 18.6 Å². The van der Waals surface area contributed by atoms with Crippen molar-refractivity contribution in [2.75, 3.05) is 45.8 Å². The van der Waals surface area contributed by atoms with Crippen LogP contribution in [0.2, 0.25) is 0 Å². The fourth-order valence-electron chi connectivity index (χ4n) is 3.51. The molecule has 0 aliphatic carbocycles. The van der Waals surface area contributed by atoms with Gasteiger partial charge in [-0.15, -0.1) is 24.0 Å². The van der Waals surface area contributed by atoms with Crippen molar-refractivity contribution in [3.63, 3.8) is 0 Å². The Kier molecular flexibility index (Phi) is 10.1. The van der Waals surface area contributed by atoms with Gasteiger partial charge in [-0.1, -0.05) is 12.1 Å². The van der Waals surface area contributed by atoms with Crippen LogP contribution in [0.3, 0.4) is 0 Å². The molecule has 2 N–H and O–H groups in total. The normalized spacial score (nSPS) is 16.7. The molecule has 1 saturated heterocycles. The molecule has 0 saturated carbocycles. The predicted molar refractivity (Wildman–Crippen MR) is 137 cm³/mol. The van der Waals surface area contributed by atoms with Crippen LogP contribution >= 0.6 is 24.0 Å². The van der Waals surface area contributed by atoms with Gasteiger partial charge < -0.3 is 29.7 Å². The summed E-state index contributed by atoms with van der Waals surface area (Å²) in [6.45, 7) is 4.13. The summed E-state index contributed by atoms with van der Waals surface area (Å²) in [5.41, 5.74) is 1.07. The predicted octanol–water partition coefficient (Wildman–Crippen LogP) is 3.67. The van der Waals surface area contributed by atoms with Gasteiger partial charge in [0.05, 0.1) is 20.8 Å². The molecule has 3 rings (SSSR count). The standard InChI is InChI=1S/C23H31FN4O3.HI/c1-16(31-22-8-6-5-7-21(22)24)14-26-23(25-2)27-17-9-10-28(15-17)18-11-19(29-3)13-20(12-18)30-4;/h5-8,11-13,16-17H,9-10,14-15H2,1-4H3,(H2,25,26,27);1H. The molecular weight excluding hydrogens is 526 g/mol. The molecule has 0 radical (unpaired) electrons. The molecular formula is C23H32FIN4O3. The van der Waals surface area contributed by atoms with Crippen molar-refractivity contribution in [2.45, 2.75) is 25.5 Å². The first kappa shape index (κ1) is 25.8. The molecule has 176 valence electrons.